The largest absolute Gasteiger partial charge is 0.486 e. The van der Waals surface area contributed by atoms with E-state index < -0.39 is 16.1 Å². The first-order chi connectivity index (χ1) is 15.6. The maximum Gasteiger partial charge on any atom is 0.241 e. The molecule has 0 spiro atoms. The fourth-order valence-electron chi connectivity index (χ4n) is 7.08. The van der Waals surface area contributed by atoms with E-state index in [1.165, 1.54) is 50.7 Å². The van der Waals surface area contributed by atoms with Gasteiger partial charge in [-0.2, -0.15) is 4.72 Å². The summed E-state index contributed by atoms with van der Waals surface area (Å²) >= 11 is 0. The Morgan fingerprint density at radius 1 is 0.970 bits per heavy atom. The van der Waals surface area contributed by atoms with Gasteiger partial charge in [-0.05, 0) is 86.7 Å². The zero-order valence-corrected chi connectivity index (χ0v) is 20.6. The van der Waals surface area contributed by atoms with Gasteiger partial charge < -0.3 is 14.8 Å². The number of carbonyl (C=O) groups excluding carboxylic acids is 1. The summed E-state index contributed by atoms with van der Waals surface area (Å²) in [5, 5.41) is 3.23. The van der Waals surface area contributed by atoms with Gasteiger partial charge in [0.15, 0.2) is 11.5 Å². The highest BCUT2D eigenvalue weighted by molar-refractivity contribution is 7.89. The van der Waals surface area contributed by atoms with E-state index in [2.05, 4.69) is 17.0 Å². The lowest BCUT2D eigenvalue weighted by Gasteiger charge is -2.59. The van der Waals surface area contributed by atoms with Crippen molar-refractivity contribution in [2.75, 3.05) is 13.2 Å². The lowest BCUT2D eigenvalue weighted by molar-refractivity contribution is -0.128. The summed E-state index contributed by atoms with van der Waals surface area (Å²) in [6, 6.07) is 3.74. The molecule has 2 N–H and O–H groups in total. The van der Waals surface area contributed by atoms with Crippen LogP contribution < -0.4 is 19.5 Å². The van der Waals surface area contributed by atoms with Crippen LogP contribution in [0.1, 0.15) is 59.3 Å². The highest BCUT2D eigenvalue weighted by Gasteiger charge is 2.53. The van der Waals surface area contributed by atoms with Crippen LogP contribution in [-0.4, -0.2) is 39.6 Å². The smallest absolute Gasteiger partial charge is 0.241 e. The summed E-state index contributed by atoms with van der Waals surface area (Å²) in [7, 11) is -3.91. The molecule has 1 amide bonds. The molecule has 4 saturated carbocycles. The molecule has 0 unspecified atom stereocenters. The van der Waals surface area contributed by atoms with Gasteiger partial charge >= 0.3 is 0 Å². The van der Waals surface area contributed by atoms with Gasteiger partial charge in [0, 0.05) is 12.1 Å². The van der Waals surface area contributed by atoms with Gasteiger partial charge in [0.25, 0.3) is 0 Å². The van der Waals surface area contributed by atoms with Crippen molar-refractivity contribution in [2.45, 2.75) is 76.3 Å². The molecule has 33 heavy (non-hydrogen) atoms. The molecule has 1 aromatic carbocycles. The molecule has 6 rings (SSSR count). The Hall–Kier alpha value is -1.80. The second kappa shape index (κ2) is 8.45. The maximum atomic E-state index is 13.3. The van der Waals surface area contributed by atoms with Crippen molar-refractivity contribution in [2.24, 2.45) is 29.1 Å². The van der Waals surface area contributed by atoms with Crippen LogP contribution >= 0.6 is 0 Å². The molecule has 5 aliphatic rings. The molecule has 7 nitrogen and oxygen atoms in total. The molecule has 1 aromatic rings. The first kappa shape index (κ1) is 23.0. The van der Waals surface area contributed by atoms with E-state index in [0.717, 1.165) is 17.8 Å². The van der Waals surface area contributed by atoms with Crippen molar-refractivity contribution >= 4 is 15.9 Å². The topological polar surface area (TPSA) is 93.7 Å². The number of hydrogen-bond donors (Lipinski definition) is 2. The quantitative estimate of drug-likeness (QED) is 0.628. The fraction of sp³-hybridized carbons (Fsp3) is 0.720. The molecular formula is C25H36N2O5S. The van der Waals surface area contributed by atoms with Gasteiger partial charge in [0.05, 0.1) is 4.90 Å². The highest BCUT2D eigenvalue weighted by atomic mass is 32.2. The molecule has 2 atom stereocenters. The molecular weight excluding hydrogens is 440 g/mol. The number of benzene rings is 1. The van der Waals surface area contributed by atoms with Crippen LogP contribution in [0.2, 0.25) is 0 Å². The van der Waals surface area contributed by atoms with Crippen LogP contribution in [0.3, 0.4) is 0 Å². The van der Waals surface area contributed by atoms with Crippen LogP contribution in [0.5, 0.6) is 11.5 Å². The van der Waals surface area contributed by atoms with Crippen molar-refractivity contribution in [3.05, 3.63) is 18.2 Å². The fourth-order valence-corrected chi connectivity index (χ4v) is 8.44. The summed E-state index contributed by atoms with van der Waals surface area (Å²) in [5.74, 6) is 2.89. The van der Waals surface area contributed by atoms with Crippen LogP contribution in [0.25, 0.3) is 0 Å². The molecule has 1 aliphatic heterocycles. The molecule has 182 valence electrons. The minimum Gasteiger partial charge on any atom is -0.486 e. The number of carbonyl (C=O) groups is 1. The molecule has 0 aromatic heterocycles. The summed E-state index contributed by atoms with van der Waals surface area (Å²) in [4.78, 5) is 13.4. The zero-order chi connectivity index (χ0) is 23.4. The van der Waals surface area contributed by atoms with Crippen molar-refractivity contribution in [3.63, 3.8) is 0 Å². The first-order valence-corrected chi connectivity index (χ1v) is 13.9. The van der Waals surface area contributed by atoms with Gasteiger partial charge in [-0.25, -0.2) is 8.42 Å². The number of nitrogens with one attached hydrogen (secondary N) is 2. The molecule has 4 bridgehead atoms. The average Bonchev–Trinajstić information content (AvgIpc) is 2.76. The Bertz CT molecular complexity index is 986. The lowest BCUT2D eigenvalue weighted by Crippen LogP contribution is -2.59. The van der Waals surface area contributed by atoms with Crippen LogP contribution in [0, 0.1) is 29.1 Å². The second-order valence-electron chi connectivity index (χ2n) is 11.2. The average molecular weight is 477 g/mol. The molecule has 8 heteroatoms. The van der Waals surface area contributed by atoms with Gasteiger partial charge in [0.2, 0.25) is 15.9 Å². The number of fused-ring (bicyclic) bond motifs is 1. The van der Waals surface area contributed by atoms with E-state index in [1.54, 1.807) is 6.07 Å². The Morgan fingerprint density at radius 3 is 2.12 bits per heavy atom. The predicted molar refractivity (Wildman–Crippen MR) is 125 cm³/mol. The third-order valence-electron chi connectivity index (χ3n) is 8.42. The first-order valence-electron chi connectivity index (χ1n) is 12.4. The Balaban J connectivity index is 1.30. The third-order valence-corrected chi connectivity index (χ3v) is 9.86. The summed E-state index contributed by atoms with van der Waals surface area (Å²) in [6.45, 7) is 6.67. The summed E-state index contributed by atoms with van der Waals surface area (Å²) < 4.78 is 40.0. The van der Waals surface area contributed by atoms with Crippen LogP contribution in [0.4, 0.5) is 0 Å². The number of amides is 1. The Kier molecular flexibility index (Phi) is 5.88. The van der Waals surface area contributed by atoms with Crippen molar-refractivity contribution < 1.29 is 22.7 Å². The number of rotatable bonds is 7. The number of sulfonamides is 1. The molecule has 1 heterocycles. The van der Waals surface area contributed by atoms with Crippen molar-refractivity contribution in [3.8, 4) is 11.5 Å². The van der Waals surface area contributed by atoms with E-state index in [1.807, 2.05) is 13.8 Å². The van der Waals surface area contributed by atoms with Gasteiger partial charge in [-0.1, -0.05) is 13.8 Å². The van der Waals surface area contributed by atoms with E-state index in [-0.39, 0.29) is 28.2 Å². The van der Waals surface area contributed by atoms with Crippen LogP contribution in [-0.2, 0) is 14.8 Å². The summed E-state index contributed by atoms with van der Waals surface area (Å²) in [6.07, 6.45) is 7.62. The maximum absolute atomic E-state index is 13.3. The molecule has 4 aliphatic carbocycles. The minimum absolute atomic E-state index is 0.0402. The van der Waals surface area contributed by atoms with E-state index >= 15 is 0 Å². The van der Waals surface area contributed by atoms with Crippen molar-refractivity contribution in [1.82, 2.24) is 10.0 Å². The summed E-state index contributed by atoms with van der Waals surface area (Å²) in [5.41, 5.74) is 0.167. The lowest BCUT2D eigenvalue weighted by atomic mass is 9.48. The predicted octanol–water partition coefficient (Wildman–Crippen LogP) is 3.48. The normalized spacial score (nSPS) is 31.9. The molecule has 4 fully saturated rings. The standard InChI is InChI=1S/C25H36N2O5S/c1-15(2)23(27-33(29,30)20-4-5-21-22(11-20)32-7-6-31-21)24(28)26-16(3)25-12-17-8-18(13-25)10-19(9-17)14-25/h4-5,11,15-19,23,27H,6-10,12-14H2,1-3H3,(H,26,28)/t16-,17?,18?,19?,23+,25?/m1/s1. The second-order valence-corrected chi connectivity index (χ2v) is 12.9. The zero-order valence-electron chi connectivity index (χ0n) is 19.8. The Labute approximate surface area is 197 Å². The minimum atomic E-state index is -3.91. The molecule has 0 saturated heterocycles. The van der Waals surface area contributed by atoms with Gasteiger partial charge in [-0.3, -0.25) is 4.79 Å². The number of hydrogen-bond acceptors (Lipinski definition) is 5. The third kappa shape index (κ3) is 4.36. The number of ether oxygens (including phenoxy) is 2. The molecule has 0 radical (unpaired) electrons. The van der Waals surface area contributed by atoms with E-state index in [4.69, 9.17) is 9.47 Å². The van der Waals surface area contributed by atoms with Crippen LogP contribution in [0.15, 0.2) is 23.1 Å². The van der Waals surface area contributed by atoms with Gasteiger partial charge in [0.1, 0.15) is 19.3 Å². The van der Waals surface area contributed by atoms with E-state index in [9.17, 15) is 13.2 Å². The Morgan fingerprint density at radius 2 is 1.55 bits per heavy atom. The highest BCUT2D eigenvalue weighted by Crippen LogP contribution is 2.61. The van der Waals surface area contributed by atoms with Gasteiger partial charge in [-0.15, -0.1) is 0 Å². The van der Waals surface area contributed by atoms with Crippen molar-refractivity contribution in [1.29, 1.82) is 0 Å². The SMILES string of the molecule is CC(C)[C@H](NS(=O)(=O)c1ccc2c(c1)OCCO2)C(=O)N[C@H](C)C12CC3CC(CC(C3)C1)C2. The van der Waals surface area contributed by atoms with E-state index in [0.29, 0.717) is 24.7 Å². The monoisotopic (exact) mass is 476 g/mol.